The Morgan fingerprint density at radius 1 is 0.900 bits per heavy atom. The van der Waals surface area contributed by atoms with E-state index in [1.165, 1.54) is 6.92 Å². The molecular formula is C14H24O6. The number of unbranched alkanes of at least 4 members (excludes halogenated alkanes) is 5. The highest BCUT2D eigenvalue weighted by molar-refractivity contribution is 5.69. The summed E-state index contributed by atoms with van der Waals surface area (Å²) in [6.07, 6.45) is 5.38. The molecule has 0 heterocycles. The van der Waals surface area contributed by atoms with Crippen molar-refractivity contribution in [1.29, 1.82) is 0 Å². The fourth-order valence-corrected chi connectivity index (χ4v) is 1.99. The van der Waals surface area contributed by atoms with Crippen LogP contribution in [-0.4, -0.2) is 34.2 Å². The molecule has 0 radical (unpaired) electrons. The number of carbonyl (C=O) groups excluding carboxylic acids is 1. The molecule has 2 N–H and O–H groups in total. The second-order valence-electron chi connectivity index (χ2n) is 4.88. The molecule has 116 valence electrons. The van der Waals surface area contributed by atoms with Crippen LogP contribution in [0.3, 0.4) is 0 Å². The van der Waals surface area contributed by atoms with Crippen LogP contribution in [-0.2, 0) is 19.1 Å². The largest absolute Gasteiger partial charge is 0.481 e. The molecule has 20 heavy (non-hydrogen) atoms. The number of carboxylic acids is 2. The molecule has 0 aliphatic heterocycles. The van der Waals surface area contributed by atoms with Gasteiger partial charge in [0.1, 0.15) is 6.10 Å². The normalized spacial score (nSPS) is 11.8. The molecule has 0 fully saturated rings. The lowest BCUT2D eigenvalue weighted by atomic mass is 10.0. The number of carboxylic acid groups (broad SMARTS) is 2. The zero-order chi connectivity index (χ0) is 15.4. The Bertz CT molecular complexity index is 297. The second kappa shape index (κ2) is 11.3. The summed E-state index contributed by atoms with van der Waals surface area (Å²) in [5.74, 6) is -2.18. The van der Waals surface area contributed by atoms with Gasteiger partial charge >= 0.3 is 17.9 Å². The first-order valence-electron chi connectivity index (χ1n) is 7.02. The van der Waals surface area contributed by atoms with Gasteiger partial charge in [-0.05, 0) is 19.3 Å². The smallest absolute Gasteiger partial charge is 0.307 e. The molecule has 0 aliphatic rings. The Morgan fingerprint density at radius 2 is 1.45 bits per heavy atom. The quantitative estimate of drug-likeness (QED) is 0.423. The summed E-state index contributed by atoms with van der Waals surface area (Å²) in [7, 11) is 0. The topological polar surface area (TPSA) is 101 Å². The molecule has 1 unspecified atom stereocenters. The fraction of sp³-hybridized carbons (Fsp3) is 0.786. The predicted octanol–water partition coefficient (Wildman–Crippen LogP) is 2.60. The molecule has 0 saturated carbocycles. The standard InChI is InChI=1S/C14H24O6/c1-11(15)20-12(10-14(18)19)8-6-4-2-3-5-7-9-13(16)17/h12H,2-10H2,1H3,(H,16,17)(H,18,19). The van der Waals surface area contributed by atoms with Gasteiger partial charge in [-0.15, -0.1) is 0 Å². The van der Waals surface area contributed by atoms with E-state index >= 15 is 0 Å². The Kier molecular flexibility index (Phi) is 10.4. The Morgan fingerprint density at radius 3 is 1.95 bits per heavy atom. The average Bonchev–Trinajstić information content (AvgIpc) is 2.30. The van der Waals surface area contributed by atoms with Gasteiger partial charge < -0.3 is 14.9 Å². The SMILES string of the molecule is CC(=O)OC(CCCCCCCCC(=O)O)CC(=O)O. The zero-order valence-corrected chi connectivity index (χ0v) is 12.0. The Labute approximate surface area is 119 Å². The number of rotatable bonds is 12. The van der Waals surface area contributed by atoms with Crippen molar-refractivity contribution in [3.8, 4) is 0 Å². The number of hydrogen-bond acceptors (Lipinski definition) is 4. The van der Waals surface area contributed by atoms with Gasteiger partial charge in [0, 0.05) is 13.3 Å². The monoisotopic (exact) mass is 288 g/mol. The van der Waals surface area contributed by atoms with Crippen molar-refractivity contribution in [2.24, 2.45) is 0 Å². The van der Waals surface area contributed by atoms with E-state index in [0.29, 0.717) is 12.8 Å². The number of ether oxygens (including phenoxy) is 1. The summed E-state index contributed by atoms with van der Waals surface area (Å²) in [5.41, 5.74) is 0. The molecule has 0 aromatic rings. The van der Waals surface area contributed by atoms with E-state index in [0.717, 1.165) is 32.1 Å². The summed E-state index contributed by atoms with van der Waals surface area (Å²) in [6, 6.07) is 0. The summed E-state index contributed by atoms with van der Waals surface area (Å²) >= 11 is 0. The van der Waals surface area contributed by atoms with Crippen LogP contribution in [0, 0.1) is 0 Å². The summed E-state index contributed by atoms with van der Waals surface area (Å²) < 4.78 is 4.95. The van der Waals surface area contributed by atoms with E-state index < -0.39 is 24.0 Å². The van der Waals surface area contributed by atoms with Crippen molar-refractivity contribution in [3.63, 3.8) is 0 Å². The van der Waals surface area contributed by atoms with E-state index in [1.807, 2.05) is 0 Å². The van der Waals surface area contributed by atoms with Crippen LogP contribution in [0.1, 0.15) is 64.7 Å². The number of hydrogen-bond donors (Lipinski definition) is 2. The van der Waals surface area contributed by atoms with Crippen molar-refractivity contribution in [1.82, 2.24) is 0 Å². The maximum Gasteiger partial charge on any atom is 0.307 e. The molecular weight excluding hydrogens is 264 g/mol. The molecule has 0 aliphatic carbocycles. The van der Waals surface area contributed by atoms with Crippen LogP contribution >= 0.6 is 0 Å². The molecule has 0 saturated heterocycles. The molecule has 0 rings (SSSR count). The van der Waals surface area contributed by atoms with Gasteiger partial charge in [0.2, 0.25) is 0 Å². The number of aliphatic carboxylic acids is 2. The molecule has 6 heteroatoms. The first-order valence-corrected chi connectivity index (χ1v) is 7.02. The summed E-state index contributed by atoms with van der Waals surface area (Å²) in [5, 5.41) is 17.2. The van der Waals surface area contributed by atoms with E-state index in [9.17, 15) is 14.4 Å². The molecule has 0 bridgehead atoms. The van der Waals surface area contributed by atoms with Crippen LogP contribution in [0.2, 0.25) is 0 Å². The minimum Gasteiger partial charge on any atom is -0.481 e. The third-order valence-electron chi connectivity index (χ3n) is 2.90. The number of esters is 1. The third-order valence-corrected chi connectivity index (χ3v) is 2.90. The van der Waals surface area contributed by atoms with Gasteiger partial charge in [-0.2, -0.15) is 0 Å². The molecule has 0 aromatic carbocycles. The van der Waals surface area contributed by atoms with Crippen LogP contribution in [0.15, 0.2) is 0 Å². The maximum atomic E-state index is 10.8. The Hall–Kier alpha value is -1.59. The van der Waals surface area contributed by atoms with E-state index in [-0.39, 0.29) is 12.8 Å². The molecule has 1 atom stereocenters. The van der Waals surface area contributed by atoms with Crippen LogP contribution in [0.25, 0.3) is 0 Å². The van der Waals surface area contributed by atoms with E-state index in [4.69, 9.17) is 14.9 Å². The maximum absolute atomic E-state index is 10.8. The molecule has 0 aromatic heterocycles. The lowest BCUT2D eigenvalue weighted by Crippen LogP contribution is -2.20. The summed E-state index contributed by atoms with van der Waals surface area (Å²) in [4.78, 5) is 31.7. The predicted molar refractivity (Wildman–Crippen MR) is 72.4 cm³/mol. The van der Waals surface area contributed by atoms with E-state index in [1.54, 1.807) is 0 Å². The van der Waals surface area contributed by atoms with Crippen LogP contribution in [0.5, 0.6) is 0 Å². The highest BCUT2D eigenvalue weighted by Crippen LogP contribution is 2.13. The highest BCUT2D eigenvalue weighted by atomic mass is 16.5. The number of carbonyl (C=O) groups is 3. The third kappa shape index (κ3) is 12.9. The van der Waals surface area contributed by atoms with Crippen LogP contribution in [0.4, 0.5) is 0 Å². The first kappa shape index (κ1) is 18.4. The van der Waals surface area contributed by atoms with Gasteiger partial charge in [0.15, 0.2) is 0 Å². The second-order valence-corrected chi connectivity index (χ2v) is 4.88. The van der Waals surface area contributed by atoms with Crippen LogP contribution < -0.4 is 0 Å². The lowest BCUT2D eigenvalue weighted by molar-refractivity contribution is -0.151. The van der Waals surface area contributed by atoms with E-state index in [2.05, 4.69) is 0 Å². The van der Waals surface area contributed by atoms with Gasteiger partial charge in [0.05, 0.1) is 6.42 Å². The molecule has 0 spiro atoms. The average molecular weight is 288 g/mol. The van der Waals surface area contributed by atoms with Gasteiger partial charge in [-0.25, -0.2) is 0 Å². The minimum absolute atomic E-state index is 0.155. The van der Waals surface area contributed by atoms with Gasteiger partial charge in [0.25, 0.3) is 0 Å². The minimum atomic E-state index is -0.968. The van der Waals surface area contributed by atoms with Crippen molar-refractivity contribution in [2.75, 3.05) is 0 Å². The van der Waals surface area contributed by atoms with Crippen molar-refractivity contribution >= 4 is 17.9 Å². The lowest BCUT2D eigenvalue weighted by Gasteiger charge is -2.14. The highest BCUT2D eigenvalue weighted by Gasteiger charge is 2.15. The van der Waals surface area contributed by atoms with Crippen molar-refractivity contribution in [2.45, 2.75) is 70.8 Å². The Balaban J connectivity index is 3.60. The van der Waals surface area contributed by atoms with Gasteiger partial charge in [-0.3, -0.25) is 14.4 Å². The van der Waals surface area contributed by atoms with Crippen molar-refractivity contribution in [3.05, 3.63) is 0 Å². The zero-order valence-electron chi connectivity index (χ0n) is 12.0. The van der Waals surface area contributed by atoms with Gasteiger partial charge in [-0.1, -0.05) is 25.7 Å². The molecule has 6 nitrogen and oxygen atoms in total. The van der Waals surface area contributed by atoms with Crippen molar-refractivity contribution < 1.29 is 29.3 Å². The fourth-order valence-electron chi connectivity index (χ4n) is 1.99. The molecule has 0 amide bonds. The first-order chi connectivity index (χ1) is 9.41. The summed E-state index contributed by atoms with van der Waals surface area (Å²) in [6.45, 7) is 1.28.